The van der Waals surface area contributed by atoms with E-state index in [4.69, 9.17) is 23.2 Å². The molecule has 0 spiro atoms. The number of benzene rings is 1. The van der Waals surface area contributed by atoms with Gasteiger partial charge in [-0.2, -0.15) is 9.36 Å². The molecule has 0 unspecified atom stereocenters. The van der Waals surface area contributed by atoms with Crippen molar-refractivity contribution in [3.63, 3.8) is 0 Å². The molecule has 27 heavy (non-hydrogen) atoms. The van der Waals surface area contributed by atoms with Gasteiger partial charge in [-0.25, -0.2) is 0 Å². The minimum atomic E-state index is 0.641. The normalized spacial score (nSPS) is 15.3. The fourth-order valence-corrected chi connectivity index (χ4v) is 4.09. The predicted molar refractivity (Wildman–Crippen MR) is 112 cm³/mol. The summed E-state index contributed by atoms with van der Waals surface area (Å²) in [6, 6.07) is 11.7. The first-order valence-corrected chi connectivity index (χ1v) is 10.4. The van der Waals surface area contributed by atoms with Crippen LogP contribution in [0.25, 0.3) is 11.5 Å². The number of anilines is 1. The smallest absolute Gasteiger partial charge is 0.205 e. The maximum atomic E-state index is 6.03. The maximum Gasteiger partial charge on any atom is 0.205 e. The van der Waals surface area contributed by atoms with Crippen LogP contribution in [0.3, 0.4) is 0 Å². The molecule has 1 aliphatic rings. The number of halogens is 2. The van der Waals surface area contributed by atoms with E-state index in [1.807, 2.05) is 12.1 Å². The van der Waals surface area contributed by atoms with Crippen LogP contribution in [0.5, 0.6) is 0 Å². The summed E-state index contributed by atoms with van der Waals surface area (Å²) in [6.07, 6.45) is 2.72. The number of nitrogens with zero attached hydrogens (tertiary/aromatic N) is 5. The summed E-state index contributed by atoms with van der Waals surface area (Å²) in [5.41, 5.74) is 2.04. The van der Waals surface area contributed by atoms with Gasteiger partial charge in [0.2, 0.25) is 5.13 Å². The molecule has 5 nitrogen and oxygen atoms in total. The van der Waals surface area contributed by atoms with Crippen molar-refractivity contribution < 1.29 is 0 Å². The second kappa shape index (κ2) is 8.52. The first-order chi connectivity index (χ1) is 13.2. The lowest BCUT2D eigenvalue weighted by atomic mass is 10.1. The molecule has 0 atom stereocenters. The number of hydrogen-bond acceptors (Lipinski definition) is 6. The standard InChI is InChI=1S/C19H19Cl2N5S/c20-15-3-1-14(2-4-15)6-8-25-9-11-26(12-10-25)19-23-18(24-27-19)17-13-16(21)5-7-22-17/h1-5,7,13H,6,8-12H2. The SMILES string of the molecule is Clc1ccc(CCN2CCN(c3nc(-c4cc(Cl)ccn4)ns3)CC2)cc1. The molecule has 1 fully saturated rings. The van der Waals surface area contributed by atoms with Crippen molar-refractivity contribution in [3.8, 4) is 11.5 Å². The Morgan fingerprint density at radius 2 is 1.74 bits per heavy atom. The van der Waals surface area contributed by atoms with Crippen molar-refractivity contribution >= 4 is 39.9 Å². The van der Waals surface area contributed by atoms with Gasteiger partial charge in [-0.3, -0.25) is 9.88 Å². The van der Waals surface area contributed by atoms with E-state index in [1.54, 1.807) is 18.3 Å². The molecule has 0 aliphatic carbocycles. The zero-order valence-electron chi connectivity index (χ0n) is 14.7. The molecular formula is C19H19Cl2N5S. The van der Waals surface area contributed by atoms with Crippen molar-refractivity contribution in [3.05, 3.63) is 58.2 Å². The molecule has 1 saturated heterocycles. The Balaban J connectivity index is 1.31. The average molecular weight is 420 g/mol. The van der Waals surface area contributed by atoms with Gasteiger partial charge in [-0.15, -0.1) is 0 Å². The third-order valence-corrected chi connectivity index (χ3v) is 5.90. The molecule has 3 heterocycles. The summed E-state index contributed by atoms with van der Waals surface area (Å²) < 4.78 is 4.45. The highest BCUT2D eigenvalue weighted by atomic mass is 35.5. The summed E-state index contributed by atoms with van der Waals surface area (Å²) >= 11 is 13.4. The first-order valence-electron chi connectivity index (χ1n) is 8.85. The second-order valence-corrected chi connectivity index (χ2v) is 8.07. The molecule has 1 aromatic carbocycles. The van der Waals surface area contributed by atoms with Crippen LogP contribution in [0, 0.1) is 0 Å². The van der Waals surface area contributed by atoms with Gasteiger partial charge in [0.05, 0.1) is 0 Å². The lowest BCUT2D eigenvalue weighted by Crippen LogP contribution is -2.47. The van der Waals surface area contributed by atoms with E-state index in [1.165, 1.54) is 17.1 Å². The van der Waals surface area contributed by atoms with Crippen LogP contribution < -0.4 is 4.90 Å². The van der Waals surface area contributed by atoms with E-state index in [0.717, 1.165) is 49.3 Å². The Labute approximate surface area is 172 Å². The molecule has 140 valence electrons. The maximum absolute atomic E-state index is 6.03. The Morgan fingerprint density at radius 1 is 0.963 bits per heavy atom. The molecule has 0 N–H and O–H groups in total. The van der Waals surface area contributed by atoms with E-state index in [0.29, 0.717) is 16.5 Å². The Hall–Kier alpha value is -1.73. The lowest BCUT2D eigenvalue weighted by molar-refractivity contribution is 0.261. The van der Waals surface area contributed by atoms with Gasteiger partial charge in [0.15, 0.2) is 5.82 Å². The fourth-order valence-electron chi connectivity index (χ4n) is 3.08. The molecule has 3 aromatic rings. The minimum absolute atomic E-state index is 0.641. The third kappa shape index (κ3) is 4.76. The van der Waals surface area contributed by atoms with Crippen molar-refractivity contribution in [2.24, 2.45) is 0 Å². The van der Waals surface area contributed by atoms with Gasteiger partial charge < -0.3 is 4.90 Å². The molecule has 2 aromatic heterocycles. The van der Waals surface area contributed by atoms with Gasteiger partial charge in [0, 0.05) is 60.5 Å². The monoisotopic (exact) mass is 419 g/mol. The highest BCUT2D eigenvalue weighted by Crippen LogP contribution is 2.25. The minimum Gasteiger partial charge on any atom is -0.344 e. The topological polar surface area (TPSA) is 45.2 Å². The lowest BCUT2D eigenvalue weighted by Gasteiger charge is -2.34. The number of piperazine rings is 1. The summed E-state index contributed by atoms with van der Waals surface area (Å²) in [6.45, 7) is 5.02. The van der Waals surface area contributed by atoms with Crippen molar-refractivity contribution in [2.75, 3.05) is 37.6 Å². The van der Waals surface area contributed by atoms with Crippen molar-refractivity contribution in [1.82, 2.24) is 19.2 Å². The van der Waals surface area contributed by atoms with Gasteiger partial charge in [0.1, 0.15) is 5.69 Å². The Morgan fingerprint density at radius 3 is 2.48 bits per heavy atom. The van der Waals surface area contributed by atoms with Crippen LogP contribution in [-0.4, -0.2) is 52.0 Å². The van der Waals surface area contributed by atoms with E-state index < -0.39 is 0 Å². The van der Waals surface area contributed by atoms with Crippen molar-refractivity contribution in [1.29, 1.82) is 0 Å². The van der Waals surface area contributed by atoms with Gasteiger partial charge in [-0.05, 0) is 36.2 Å². The largest absolute Gasteiger partial charge is 0.344 e. The summed E-state index contributed by atoms with van der Waals surface area (Å²) in [7, 11) is 0. The van der Waals surface area contributed by atoms with Crippen LogP contribution in [0.1, 0.15) is 5.56 Å². The van der Waals surface area contributed by atoms with Crippen LogP contribution in [0.4, 0.5) is 5.13 Å². The molecular weight excluding hydrogens is 401 g/mol. The Kier molecular flexibility index (Phi) is 5.88. The summed E-state index contributed by atoms with van der Waals surface area (Å²) in [4.78, 5) is 13.7. The first kappa shape index (κ1) is 18.6. The summed E-state index contributed by atoms with van der Waals surface area (Å²) in [5.74, 6) is 0.641. The zero-order valence-corrected chi connectivity index (χ0v) is 17.0. The van der Waals surface area contributed by atoms with Crippen molar-refractivity contribution in [2.45, 2.75) is 6.42 Å². The Bertz CT molecular complexity index is 891. The van der Waals surface area contributed by atoms with E-state index in [-0.39, 0.29) is 0 Å². The van der Waals surface area contributed by atoms with Crippen LogP contribution >= 0.6 is 34.7 Å². The van der Waals surface area contributed by atoms with Gasteiger partial charge in [-0.1, -0.05) is 35.3 Å². The molecule has 0 amide bonds. The highest BCUT2D eigenvalue weighted by Gasteiger charge is 2.20. The molecule has 0 bridgehead atoms. The number of pyridine rings is 1. The molecule has 4 rings (SSSR count). The highest BCUT2D eigenvalue weighted by molar-refractivity contribution is 7.09. The average Bonchev–Trinajstić information content (AvgIpc) is 3.18. The molecule has 0 radical (unpaired) electrons. The number of rotatable bonds is 5. The predicted octanol–water partition coefficient (Wildman–Crippen LogP) is 4.27. The van der Waals surface area contributed by atoms with Gasteiger partial charge >= 0.3 is 0 Å². The number of hydrogen-bond donors (Lipinski definition) is 0. The number of aromatic nitrogens is 3. The second-order valence-electron chi connectivity index (χ2n) is 6.47. The summed E-state index contributed by atoms with van der Waals surface area (Å²) in [5, 5.41) is 2.38. The van der Waals surface area contributed by atoms with Crippen LogP contribution in [0.2, 0.25) is 10.0 Å². The molecule has 8 heteroatoms. The quantitative estimate of drug-likeness (QED) is 0.617. The third-order valence-electron chi connectivity index (χ3n) is 4.64. The molecule has 0 saturated carbocycles. The zero-order chi connectivity index (χ0) is 18.6. The van der Waals surface area contributed by atoms with Gasteiger partial charge in [0.25, 0.3) is 0 Å². The van der Waals surface area contributed by atoms with E-state index in [9.17, 15) is 0 Å². The fraction of sp³-hybridized carbons (Fsp3) is 0.316. The van der Waals surface area contributed by atoms with Crippen LogP contribution in [-0.2, 0) is 6.42 Å². The van der Waals surface area contributed by atoms with E-state index >= 15 is 0 Å². The van der Waals surface area contributed by atoms with Crippen LogP contribution in [0.15, 0.2) is 42.6 Å². The van der Waals surface area contributed by atoms with E-state index in [2.05, 4.69) is 36.3 Å². The molecule has 1 aliphatic heterocycles.